The number of nitrogens with one attached hydrogen (secondary N) is 2. The van der Waals surface area contributed by atoms with E-state index in [1.165, 1.54) is 24.1 Å². The van der Waals surface area contributed by atoms with E-state index >= 15 is 0 Å². The molecule has 0 unspecified atom stereocenters. The highest BCUT2D eigenvalue weighted by atomic mass is 16.3. The lowest BCUT2D eigenvalue weighted by molar-refractivity contribution is 0.460. The third-order valence-corrected chi connectivity index (χ3v) is 6.88. The van der Waals surface area contributed by atoms with E-state index in [1.807, 2.05) is 31.3 Å². The average Bonchev–Trinajstić information content (AvgIpc) is 2.89. The quantitative estimate of drug-likeness (QED) is 0.554. The highest BCUT2D eigenvalue weighted by Gasteiger charge is 2.22. The van der Waals surface area contributed by atoms with Gasteiger partial charge in [0.15, 0.2) is 5.82 Å². The van der Waals surface area contributed by atoms with Crippen molar-refractivity contribution in [3.63, 3.8) is 0 Å². The van der Waals surface area contributed by atoms with Gasteiger partial charge in [0.2, 0.25) is 0 Å². The summed E-state index contributed by atoms with van der Waals surface area (Å²) in [5.74, 6) is 1.66. The lowest BCUT2D eigenvalue weighted by Crippen LogP contribution is -2.46. The van der Waals surface area contributed by atoms with E-state index < -0.39 is 0 Å². The van der Waals surface area contributed by atoms with Gasteiger partial charge in [-0.05, 0) is 67.7 Å². The van der Waals surface area contributed by atoms with E-state index in [2.05, 4.69) is 54.9 Å². The standard InChI is InChI=1S/C26H32N6O/c1-27-26-24(18-23(29-30-26)22-4-2-3-5-25(22)33)32-16-14-31(15-17-32)21-8-6-19(7-9-21)20-10-12-28-13-11-20/h2-9,18,20,28,33H,10-17H2,1H3,(H,27,30). The number of para-hydroxylation sites is 1. The van der Waals surface area contributed by atoms with Gasteiger partial charge >= 0.3 is 0 Å². The Labute approximate surface area is 195 Å². The summed E-state index contributed by atoms with van der Waals surface area (Å²) in [6.07, 6.45) is 2.46. The zero-order valence-corrected chi connectivity index (χ0v) is 19.2. The van der Waals surface area contributed by atoms with Gasteiger partial charge < -0.3 is 25.5 Å². The van der Waals surface area contributed by atoms with Crippen LogP contribution in [0.5, 0.6) is 5.75 Å². The molecule has 0 amide bonds. The summed E-state index contributed by atoms with van der Waals surface area (Å²) >= 11 is 0. The molecule has 0 atom stereocenters. The van der Waals surface area contributed by atoms with E-state index in [9.17, 15) is 5.11 Å². The lowest BCUT2D eigenvalue weighted by atomic mass is 9.90. The summed E-state index contributed by atoms with van der Waals surface area (Å²) in [6, 6.07) is 18.5. The van der Waals surface area contributed by atoms with E-state index in [0.29, 0.717) is 17.2 Å². The number of anilines is 3. The van der Waals surface area contributed by atoms with Crippen molar-refractivity contribution in [3.8, 4) is 17.0 Å². The van der Waals surface area contributed by atoms with E-state index in [0.717, 1.165) is 50.8 Å². The highest BCUT2D eigenvalue weighted by Crippen LogP contribution is 2.33. The molecule has 2 fully saturated rings. The molecule has 2 aromatic carbocycles. The first-order chi connectivity index (χ1) is 16.2. The summed E-state index contributed by atoms with van der Waals surface area (Å²) in [4.78, 5) is 4.81. The molecule has 0 aliphatic carbocycles. The van der Waals surface area contributed by atoms with Crippen LogP contribution >= 0.6 is 0 Å². The Morgan fingerprint density at radius 2 is 1.61 bits per heavy atom. The molecule has 0 saturated carbocycles. The molecule has 3 heterocycles. The van der Waals surface area contributed by atoms with Crippen molar-refractivity contribution in [1.29, 1.82) is 0 Å². The van der Waals surface area contributed by atoms with Crippen LogP contribution in [-0.4, -0.2) is 61.6 Å². The molecular formula is C26H32N6O. The zero-order valence-electron chi connectivity index (χ0n) is 19.2. The van der Waals surface area contributed by atoms with E-state index in [-0.39, 0.29) is 5.75 Å². The molecule has 2 aliphatic heterocycles. The molecule has 172 valence electrons. The van der Waals surface area contributed by atoms with E-state index in [4.69, 9.17) is 0 Å². The maximum atomic E-state index is 10.2. The van der Waals surface area contributed by atoms with Crippen molar-refractivity contribution in [3.05, 3.63) is 60.2 Å². The lowest BCUT2D eigenvalue weighted by Gasteiger charge is -2.38. The van der Waals surface area contributed by atoms with Gasteiger partial charge in [-0.3, -0.25) is 0 Å². The highest BCUT2D eigenvalue weighted by molar-refractivity contribution is 5.75. The van der Waals surface area contributed by atoms with Gasteiger partial charge in [0.05, 0.1) is 11.4 Å². The first-order valence-electron chi connectivity index (χ1n) is 11.9. The first kappa shape index (κ1) is 21.5. The van der Waals surface area contributed by atoms with Crippen LogP contribution < -0.4 is 20.4 Å². The smallest absolute Gasteiger partial charge is 0.172 e. The number of piperidine rings is 1. The number of piperazine rings is 1. The van der Waals surface area contributed by atoms with Crippen LogP contribution in [0.25, 0.3) is 11.3 Å². The van der Waals surface area contributed by atoms with Gasteiger partial charge in [-0.2, -0.15) is 0 Å². The van der Waals surface area contributed by atoms with Crippen LogP contribution in [0.2, 0.25) is 0 Å². The summed E-state index contributed by atoms with van der Waals surface area (Å²) in [5, 5.41) is 25.6. The Balaban J connectivity index is 1.29. The SMILES string of the molecule is CNc1nnc(-c2ccccc2O)cc1N1CCN(c2ccc(C3CCNCC3)cc2)CC1. The number of aromatic hydroxyl groups is 1. The fourth-order valence-corrected chi connectivity index (χ4v) is 4.94. The molecule has 7 heteroatoms. The third kappa shape index (κ3) is 4.59. The van der Waals surface area contributed by atoms with Gasteiger partial charge in [-0.25, -0.2) is 0 Å². The van der Waals surface area contributed by atoms with Crippen molar-refractivity contribution in [2.45, 2.75) is 18.8 Å². The molecule has 2 aliphatic rings. The van der Waals surface area contributed by atoms with Crippen LogP contribution in [0, 0.1) is 0 Å². The van der Waals surface area contributed by atoms with Crippen molar-refractivity contribution in [2.24, 2.45) is 0 Å². The largest absolute Gasteiger partial charge is 0.507 e. The van der Waals surface area contributed by atoms with Crippen LogP contribution in [0.15, 0.2) is 54.6 Å². The van der Waals surface area contributed by atoms with E-state index in [1.54, 1.807) is 6.07 Å². The summed E-state index contributed by atoms with van der Waals surface area (Å²) in [5.41, 5.74) is 5.16. The minimum Gasteiger partial charge on any atom is -0.507 e. The zero-order chi connectivity index (χ0) is 22.6. The van der Waals surface area contributed by atoms with Crippen molar-refractivity contribution in [1.82, 2.24) is 15.5 Å². The number of hydrogen-bond acceptors (Lipinski definition) is 7. The summed E-state index contributed by atoms with van der Waals surface area (Å²) in [6.45, 7) is 5.94. The molecule has 7 nitrogen and oxygen atoms in total. The number of benzene rings is 2. The summed E-state index contributed by atoms with van der Waals surface area (Å²) < 4.78 is 0. The first-order valence-corrected chi connectivity index (χ1v) is 11.9. The topological polar surface area (TPSA) is 76.6 Å². The molecule has 33 heavy (non-hydrogen) atoms. The molecule has 5 rings (SSSR count). The normalized spacial score (nSPS) is 17.2. The minimum atomic E-state index is 0.215. The molecule has 3 N–H and O–H groups in total. The van der Waals surface area contributed by atoms with Crippen molar-refractivity contribution < 1.29 is 5.11 Å². The maximum absolute atomic E-state index is 10.2. The van der Waals surface area contributed by atoms with Crippen molar-refractivity contribution in [2.75, 3.05) is 61.4 Å². The molecule has 0 bridgehead atoms. The van der Waals surface area contributed by atoms with Gasteiger partial charge in [0.1, 0.15) is 5.75 Å². The fraction of sp³-hybridized carbons (Fsp3) is 0.385. The Hall–Kier alpha value is -3.32. The number of phenols is 1. The Bertz CT molecular complexity index is 1070. The maximum Gasteiger partial charge on any atom is 0.172 e. The van der Waals surface area contributed by atoms with Gasteiger partial charge in [0, 0.05) is 44.5 Å². The van der Waals surface area contributed by atoms with Crippen molar-refractivity contribution >= 4 is 17.2 Å². The molecular weight excluding hydrogens is 412 g/mol. The number of nitrogens with zero attached hydrogens (tertiary/aromatic N) is 4. The summed E-state index contributed by atoms with van der Waals surface area (Å²) in [7, 11) is 1.87. The van der Waals surface area contributed by atoms with Crippen LogP contribution in [0.3, 0.4) is 0 Å². The second kappa shape index (κ2) is 9.67. The monoisotopic (exact) mass is 444 g/mol. The predicted molar refractivity (Wildman–Crippen MR) is 134 cm³/mol. The number of aromatic nitrogens is 2. The number of hydrogen-bond donors (Lipinski definition) is 3. The Kier molecular flexibility index (Phi) is 6.30. The number of phenolic OH excluding ortho intramolecular Hbond substituents is 1. The van der Waals surface area contributed by atoms with Crippen LogP contribution in [0.4, 0.5) is 17.2 Å². The molecule has 2 saturated heterocycles. The average molecular weight is 445 g/mol. The number of rotatable bonds is 5. The van der Waals surface area contributed by atoms with Crippen LogP contribution in [0.1, 0.15) is 24.3 Å². The second-order valence-corrected chi connectivity index (χ2v) is 8.82. The second-order valence-electron chi connectivity index (χ2n) is 8.82. The molecule has 1 aromatic heterocycles. The van der Waals surface area contributed by atoms with Gasteiger partial charge in [-0.1, -0.05) is 24.3 Å². The van der Waals surface area contributed by atoms with Gasteiger partial charge in [0.25, 0.3) is 0 Å². The fourth-order valence-electron chi connectivity index (χ4n) is 4.94. The molecule has 0 spiro atoms. The molecule has 0 radical (unpaired) electrons. The Morgan fingerprint density at radius 1 is 0.909 bits per heavy atom. The third-order valence-electron chi connectivity index (χ3n) is 6.88. The van der Waals surface area contributed by atoms with Crippen LogP contribution in [-0.2, 0) is 0 Å². The predicted octanol–water partition coefficient (Wildman–Crippen LogP) is 3.68. The Morgan fingerprint density at radius 3 is 2.30 bits per heavy atom. The molecule has 3 aromatic rings. The van der Waals surface area contributed by atoms with Gasteiger partial charge in [-0.15, -0.1) is 10.2 Å². The minimum absolute atomic E-state index is 0.215.